The van der Waals surface area contributed by atoms with E-state index in [1.165, 1.54) is 4.90 Å². The van der Waals surface area contributed by atoms with E-state index in [2.05, 4.69) is 19.2 Å². The molecule has 0 saturated heterocycles. The van der Waals surface area contributed by atoms with E-state index in [1.54, 1.807) is 25.1 Å². The second-order valence-electron chi connectivity index (χ2n) is 8.08. The maximum atomic E-state index is 13.2. The van der Waals surface area contributed by atoms with Gasteiger partial charge in [0.1, 0.15) is 11.8 Å². The topological polar surface area (TPSA) is 58.6 Å². The van der Waals surface area contributed by atoms with Gasteiger partial charge < -0.3 is 15.0 Å². The number of nitrogens with one attached hydrogen (secondary N) is 1. The molecule has 0 aliphatic heterocycles. The first kappa shape index (κ1) is 25.0. The van der Waals surface area contributed by atoms with Gasteiger partial charge in [-0.05, 0) is 56.0 Å². The molecule has 0 aromatic heterocycles. The van der Waals surface area contributed by atoms with Crippen molar-refractivity contribution in [1.82, 2.24) is 10.2 Å². The van der Waals surface area contributed by atoms with Crippen LogP contribution in [-0.2, 0) is 16.1 Å². The molecular formula is C24H30Cl2N2O3. The normalized spacial score (nSPS) is 12.0. The summed E-state index contributed by atoms with van der Waals surface area (Å²) < 4.78 is 5.86. The fourth-order valence-corrected chi connectivity index (χ4v) is 3.60. The molecule has 2 rings (SSSR count). The Kier molecular flexibility index (Phi) is 9.20. The molecular weight excluding hydrogens is 435 g/mol. The summed E-state index contributed by atoms with van der Waals surface area (Å²) in [6, 6.07) is 12.0. The molecule has 7 heteroatoms. The van der Waals surface area contributed by atoms with Crippen molar-refractivity contribution in [2.75, 3.05) is 6.61 Å². The third-order valence-electron chi connectivity index (χ3n) is 4.85. The molecule has 1 unspecified atom stereocenters. The van der Waals surface area contributed by atoms with Gasteiger partial charge in [-0.2, -0.15) is 0 Å². The molecule has 31 heavy (non-hydrogen) atoms. The summed E-state index contributed by atoms with van der Waals surface area (Å²) in [4.78, 5) is 27.3. The van der Waals surface area contributed by atoms with Crippen LogP contribution in [0.4, 0.5) is 0 Å². The van der Waals surface area contributed by atoms with Crippen LogP contribution in [-0.4, -0.2) is 35.4 Å². The quantitative estimate of drug-likeness (QED) is 0.537. The fraction of sp³-hybridized carbons (Fsp3) is 0.417. The van der Waals surface area contributed by atoms with Crippen molar-refractivity contribution in [3.63, 3.8) is 0 Å². The molecule has 0 aliphatic carbocycles. The monoisotopic (exact) mass is 464 g/mol. The van der Waals surface area contributed by atoms with E-state index in [-0.39, 0.29) is 36.9 Å². The van der Waals surface area contributed by atoms with Crippen LogP contribution >= 0.6 is 23.2 Å². The molecule has 5 nitrogen and oxygen atoms in total. The summed E-state index contributed by atoms with van der Waals surface area (Å²) in [6.45, 7) is 9.55. The lowest BCUT2D eigenvalue weighted by Crippen LogP contribution is -2.50. The first-order chi connectivity index (χ1) is 14.6. The standard InChI is InChI=1S/C24H30Cl2N2O3/c1-15(2)20-8-6-7-9-22(20)31-14-23(29)28(17(5)24(30)27-16(3)4)13-18-10-11-19(25)12-21(18)26/h6-12,15-17H,13-14H2,1-5H3,(H,27,30). The van der Waals surface area contributed by atoms with Crippen LogP contribution in [0, 0.1) is 0 Å². The summed E-state index contributed by atoms with van der Waals surface area (Å²) >= 11 is 12.3. The van der Waals surface area contributed by atoms with Gasteiger partial charge in [-0.15, -0.1) is 0 Å². The van der Waals surface area contributed by atoms with E-state index in [0.717, 1.165) is 5.56 Å². The first-order valence-electron chi connectivity index (χ1n) is 10.4. The van der Waals surface area contributed by atoms with E-state index in [9.17, 15) is 9.59 Å². The first-order valence-corrected chi connectivity index (χ1v) is 11.1. The van der Waals surface area contributed by atoms with Gasteiger partial charge >= 0.3 is 0 Å². The number of hydrogen-bond donors (Lipinski definition) is 1. The highest BCUT2D eigenvalue weighted by molar-refractivity contribution is 6.35. The highest BCUT2D eigenvalue weighted by Crippen LogP contribution is 2.26. The number of para-hydroxylation sites is 1. The molecule has 168 valence electrons. The Morgan fingerprint density at radius 2 is 1.71 bits per heavy atom. The fourth-order valence-electron chi connectivity index (χ4n) is 3.13. The lowest BCUT2D eigenvalue weighted by molar-refractivity contribution is -0.142. The maximum Gasteiger partial charge on any atom is 0.261 e. The molecule has 0 spiro atoms. The van der Waals surface area contributed by atoms with Gasteiger partial charge in [0.2, 0.25) is 5.91 Å². The third kappa shape index (κ3) is 7.15. The van der Waals surface area contributed by atoms with Crippen LogP contribution in [0.5, 0.6) is 5.75 Å². The molecule has 2 aromatic rings. The van der Waals surface area contributed by atoms with E-state index in [4.69, 9.17) is 27.9 Å². The summed E-state index contributed by atoms with van der Waals surface area (Å²) in [7, 11) is 0. The average Bonchev–Trinajstić information content (AvgIpc) is 2.70. The smallest absolute Gasteiger partial charge is 0.261 e. The predicted octanol–water partition coefficient (Wildman–Crippen LogP) is 5.44. The van der Waals surface area contributed by atoms with Crippen molar-refractivity contribution in [3.8, 4) is 5.75 Å². The summed E-state index contributed by atoms with van der Waals surface area (Å²) in [5.41, 5.74) is 1.72. The molecule has 0 saturated carbocycles. The number of benzene rings is 2. The number of amides is 2. The number of ether oxygens (including phenoxy) is 1. The Morgan fingerprint density at radius 3 is 2.32 bits per heavy atom. The summed E-state index contributed by atoms with van der Waals surface area (Å²) in [5, 5.41) is 3.80. The Labute approximate surface area is 194 Å². The SMILES string of the molecule is CC(C)NC(=O)C(C)N(Cc1ccc(Cl)cc1Cl)C(=O)COc1ccccc1C(C)C. The van der Waals surface area contributed by atoms with Gasteiger partial charge in [0.25, 0.3) is 5.91 Å². The molecule has 2 aromatic carbocycles. The number of rotatable bonds is 9. The zero-order valence-electron chi connectivity index (χ0n) is 18.6. The number of halogens is 2. The zero-order chi connectivity index (χ0) is 23.1. The van der Waals surface area contributed by atoms with Crippen LogP contribution < -0.4 is 10.1 Å². The minimum absolute atomic E-state index is 0.0415. The lowest BCUT2D eigenvalue weighted by atomic mass is 10.0. The highest BCUT2D eigenvalue weighted by Gasteiger charge is 2.27. The number of carbonyl (C=O) groups is 2. The van der Waals surface area contributed by atoms with Crippen LogP contribution in [0.15, 0.2) is 42.5 Å². The third-order valence-corrected chi connectivity index (χ3v) is 5.43. The maximum absolute atomic E-state index is 13.2. The van der Waals surface area contributed by atoms with Crippen molar-refractivity contribution in [3.05, 3.63) is 63.6 Å². The Bertz CT molecular complexity index is 915. The molecule has 0 aliphatic rings. The van der Waals surface area contributed by atoms with E-state index < -0.39 is 6.04 Å². The molecule has 1 atom stereocenters. The van der Waals surface area contributed by atoms with Crippen molar-refractivity contribution in [1.29, 1.82) is 0 Å². The van der Waals surface area contributed by atoms with Gasteiger partial charge in [0, 0.05) is 22.6 Å². The molecule has 1 N–H and O–H groups in total. The minimum atomic E-state index is -0.703. The number of carbonyl (C=O) groups excluding carboxylic acids is 2. The average molecular weight is 465 g/mol. The van der Waals surface area contributed by atoms with Gasteiger partial charge in [0.15, 0.2) is 6.61 Å². The van der Waals surface area contributed by atoms with E-state index >= 15 is 0 Å². The Morgan fingerprint density at radius 1 is 1.03 bits per heavy atom. The highest BCUT2D eigenvalue weighted by atomic mass is 35.5. The predicted molar refractivity (Wildman–Crippen MR) is 126 cm³/mol. The molecule has 2 amide bonds. The molecule has 0 bridgehead atoms. The zero-order valence-corrected chi connectivity index (χ0v) is 20.1. The van der Waals surface area contributed by atoms with Gasteiger partial charge in [-0.3, -0.25) is 9.59 Å². The molecule has 0 radical (unpaired) electrons. The van der Waals surface area contributed by atoms with Crippen molar-refractivity contribution < 1.29 is 14.3 Å². The second kappa shape index (κ2) is 11.4. The number of hydrogen-bond acceptors (Lipinski definition) is 3. The number of nitrogens with zero attached hydrogens (tertiary/aromatic N) is 1. The second-order valence-corrected chi connectivity index (χ2v) is 8.92. The van der Waals surface area contributed by atoms with Crippen LogP contribution in [0.25, 0.3) is 0 Å². The van der Waals surface area contributed by atoms with Crippen LogP contribution in [0.3, 0.4) is 0 Å². The summed E-state index contributed by atoms with van der Waals surface area (Å²) in [5.74, 6) is 0.368. The van der Waals surface area contributed by atoms with Gasteiger partial charge in [-0.25, -0.2) is 0 Å². The van der Waals surface area contributed by atoms with Gasteiger partial charge in [-0.1, -0.05) is 61.3 Å². The van der Waals surface area contributed by atoms with E-state index in [1.807, 2.05) is 38.1 Å². The summed E-state index contributed by atoms with van der Waals surface area (Å²) in [6.07, 6.45) is 0. The van der Waals surface area contributed by atoms with Gasteiger partial charge in [0.05, 0.1) is 0 Å². The lowest BCUT2D eigenvalue weighted by Gasteiger charge is -2.29. The molecule has 0 fully saturated rings. The van der Waals surface area contributed by atoms with Crippen LogP contribution in [0.2, 0.25) is 10.0 Å². The van der Waals surface area contributed by atoms with E-state index in [0.29, 0.717) is 21.4 Å². The minimum Gasteiger partial charge on any atom is -0.483 e. The van der Waals surface area contributed by atoms with Crippen LogP contribution in [0.1, 0.15) is 51.7 Å². The van der Waals surface area contributed by atoms with Crippen molar-refractivity contribution in [2.24, 2.45) is 0 Å². The molecule has 0 heterocycles. The van der Waals surface area contributed by atoms with Crippen molar-refractivity contribution in [2.45, 2.75) is 59.2 Å². The van der Waals surface area contributed by atoms with Crippen molar-refractivity contribution >= 4 is 35.0 Å². The Hall–Kier alpha value is -2.24. The Balaban J connectivity index is 2.24. The largest absolute Gasteiger partial charge is 0.483 e.